The number of rotatable bonds is 0. The molecule has 0 atom stereocenters. The molecule has 0 radical (unpaired) electrons. The van der Waals surface area contributed by atoms with E-state index in [-0.39, 0.29) is 15.7 Å². The van der Waals surface area contributed by atoms with E-state index in [0.717, 1.165) is 0 Å². The summed E-state index contributed by atoms with van der Waals surface area (Å²) in [6, 6.07) is 0. The van der Waals surface area contributed by atoms with Crippen molar-refractivity contribution in [2.75, 3.05) is 0 Å². The molecular formula is C2H2GaNS. The average Bonchev–Trinajstić information content (AvgIpc) is 1.76. The van der Waals surface area contributed by atoms with Gasteiger partial charge in [0.15, 0.2) is 0 Å². The monoisotopic (exact) mass is 141 g/mol. The van der Waals surface area contributed by atoms with Gasteiger partial charge in [-0.2, -0.15) is 0 Å². The van der Waals surface area contributed by atoms with Crippen molar-refractivity contribution in [1.82, 2.24) is 0 Å². The molecule has 1 nitrogen and oxygen atoms in total. The topological polar surface area (TPSA) is 12.4 Å². The van der Waals surface area contributed by atoms with Crippen LogP contribution >= 0.6 is 9.88 Å². The molecule has 0 N–H and O–H groups in total. The summed E-state index contributed by atoms with van der Waals surface area (Å²) in [7, 11) is 1.74. The molecule has 0 spiro atoms. The maximum absolute atomic E-state index is 3.89. The zero-order valence-corrected chi connectivity index (χ0v) is 5.83. The minimum atomic E-state index is -0.00694. The molecule has 0 aromatic rings. The van der Waals surface area contributed by atoms with Crippen LogP contribution in [0.4, 0.5) is 0 Å². The zero-order chi connectivity index (χ0) is 3.54. The van der Waals surface area contributed by atoms with E-state index in [2.05, 4.69) is 8.97 Å². The molecule has 5 heavy (non-hydrogen) atoms. The molecule has 1 aliphatic rings. The van der Waals surface area contributed by atoms with Crippen molar-refractivity contribution in [3.63, 3.8) is 0 Å². The Morgan fingerprint density at radius 1 is 1.80 bits per heavy atom. The summed E-state index contributed by atoms with van der Waals surface area (Å²) in [6.07, 6.45) is 1.89. The second-order valence-corrected chi connectivity index (χ2v) is 5.23. The Balaban J connectivity index is 2.61. The molecule has 0 amide bonds. The van der Waals surface area contributed by atoms with E-state index in [1.54, 1.807) is 9.88 Å². The summed E-state index contributed by atoms with van der Waals surface area (Å²) in [5, 5.41) is 0. The van der Waals surface area contributed by atoms with Gasteiger partial charge in [0.05, 0.1) is 0 Å². The molecule has 0 bridgehead atoms. The van der Waals surface area contributed by atoms with Crippen molar-refractivity contribution >= 4 is 36.4 Å². The van der Waals surface area contributed by atoms with E-state index in [4.69, 9.17) is 0 Å². The third-order valence-corrected chi connectivity index (χ3v) is 3.75. The summed E-state index contributed by atoms with van der Waals surface area (Å²) < 4.78 is 6.08. The maximum atomic E-state index is 3.89. The molecule has 1 rings (SSSR count). The molecule has 0 saturated carbocycles. The van der Waals surface area contributed by atoms with Crippen LogP contribution in [-0.2, 0) is 0 Å². The van der Waals surface area contributed by atoms with E-state index in [9.17, 15) is 0 Å². The van der Waals surface area contributed by atoms with Gasteiger partial charge in [-0.05, 0) is 0 Å². The van der Waals surface area contributed by atoms with Crippen LogP contribution in [0, 0.1) is 0 Å². The molecule has 0 aliphatic carbocycles. The van der Waals surface area contributed by atoms with Crippen LogP contribution in [0.3, 0.4) is 0 Å². The van der Waals surface area contributed by atoms with Crippen LogP contribution in [0.1, 0.15) is 0 Å². The van der Waals surface area contributed by atoms with Gasteiger partial charge in [-0.1, -0.05) is 0 Å². The third-order valence-electron chi connectivity index (χ3n) is 0.347. The molecule has 0 fully saturated rings. The van der Waals surface area contributed by atoms with Gasteiger partial charge in [-0.15, -0.1) is 0 Å². The SMILES string of the molecule is C1=N[S][Ga]=[CH]1. The Hall–Kier alpha value is 0.526. The van der Waals surface area contributed by atoms with E-state index >= 15 is 0 Å². The van der Waals surface area contributed by atoms with Crippen molar-refractivity contribution in [1.29, 1.82) is 0 Å². The van der Waals surface area contributed by atoms with Crippen LogP contribution in [0.15, 0.2) is 4.40 Å². The third kappa shape index (κ3) is 0.946. The van der Waals surface area contributed by atoms with Gasteiger partial charge in [0.1, 0.15) is 0 Å². The fraction of sp³-hybridized carbons (Fsp3) is 0. The van der Waals surface area contributed by atoms with Gasteiger partial charge in [-0.3, -0.25) is 0 Å². The molecule has 0 saturated heterocycles. The predicted molar refractivity (Wildman–Crippen MR) is 27.9 cm³/mol. The van der Waals surface area contributed by atoms with Crippen LogP contribution in [0.5, 0.6) is 0 Å². The standard InChI is InChI=1S/C2H3NS.Ga/c1-2-3-4;/h1-2,4H;/q;+1/p-1. The molecule has 3 heteroatoms. The fourth-order valence-corrected chi connectivity index (χ4v) is 2.74. The zero-order valence-electron chi connectivity index (χ0n) is 2.59. The first-order valence-corrected chi connectivity index (χ1v) is 6.55. The Bertz CT molecular complexity index is 67.7. The normalized spacial score (nSPS) is 16.0. The summed E-state index contributed by atoms with van der Waals surface area (Å²) in [5.74, 6) is 0. The Kier molecular flexibility index (Phi) is 1.37. The van der Waals surface area contributed by atoms with Crippen LogP contribution in [-0.4, -0.2) is 26.5 Å². The van der Waals surface area contributed by atoms with E-state index in [1.165, 1.54) is 0 Å². The summed E-state index contributed by atoms with van der Waals surface area (Å²) in [6.45, 7) is 0. The van der Waals surface area contributed by atoms with Crippen LogP contribution < -0.4 is 0 Å². The van der Waals surface area contributed by atoms with E-state index in [0.29, 0.717) is 0 Å². The molecule has 24 valence electrons. The van der Waals surface area contributed by atoms with E-state index < -0.39 is 0 Å². The quantitative estimate of drug-likeness (QED) is 0.346. The molecule has 1 heterocycles. The predicted octanol–water partition coefficient (Wildman–Crippen LogP) is 0.140. The first-order valence-electron chi connectivity index (χ1n) is 1.34. The van der Waals surface area contributed by atoms with E-state index in [1.807, 2.05) is 6.21 Å². The van der Waals surface area contributed by atoms with Crippen LogP contribution in [0.2, 0.25) is 0 Å². The van der Waals surface area contributed by atoms with Gasteiger partial charge in [-0.25, -0.2) is 0 Å². The fourth-order valence-electron chi connectivity index (χ4n) is 0.176. The van der Waals surface area contributed by atoms with Crippen molar-refractivity contribution in [2.45, 2.75) is 0 Å². The van der Waals surface area contributed by atoms with Gasteiger partial charge in [0.2, 0.25) is 0 Å². The average molecular weight is 142 g/mol. The van der Waals surface area contributed by atoms with Crippen molar-refractivity contribution in [3.05, 3.63) is 0 Å². The van der Waals surface area contributed by atoms with Crippen molar-refractivity contribution < 1.29 is 0 Å². The van der Waals surface area contributed by atoms with Crippen LogP contribution in [0.25, 0.3) is 0 Å². The molecule has 0 aromatic carbocycles. The number of hydrogen-bond donors (Lipinski definition) is 0. The second kappa shape index (κ2) is 1.84. The van der Waals surface area contributed by atoms with Gasteiger partial charge >= 0.3 is 40.8 Å². The Morgan fingerprint density at radius 3 is 3.00 bits per heavy atom. The molecular weight excluding hydrogens is 140 g/mol. The molecule has 0 aromatic heterocycles. The van der Waals surface area contributed by atoms with Gasteiger partial charge in [0.25, 0.3) is 0 Å². The summed E-state index contributed by atoms with van der Waals surface area (Å²) in [4.78, 5) is 0. The minimum absolute atomic E-state index is 0.00694. The van der Waals surface area contributed by atoms with Crippen molar-refractivity contribution in [2.24, 2.45) is 4.40 Å². The Morgan fingerprint density at radius 2 is 2.80 bits per heavy atom. The van der Waals surface area contributed by atoms with Gasteiger partial charge < -0.3 is 0 Å². The van der Waals surface area contributed by atoms with Gasteiger partial charge in [0, 0.05) is 0 Å². The number of nitrogens with zero attached hydrogens (tertiary/aromatic N) is 1. The molecule has 1 aliphatic heterocycles. The summed E-state index contributed by atoms with van der Waals surface area (Å²) in [5.41, 5.74) is 0. The van der Waals surface area contributed by atoms with Crippen molar-refractivity contribution in [3.8, 4) is 0 Å². The first-order chi connectivity index (χ1) is 2.50. The second-order valence-electron chi connectivity index (χ2n) is 0.688. The molecule has 0 unspecified atom stereocenters. The Labute approximate surface area is 41.1 Å². The first kappa shape index (κ1) is 3.71. The summed E-state index contributed by atoms with van der Waals surface area (Å²) >= 11 is -0.00694. The number of hydrogen-bond acceptors (Lipinski definition) is 2.